The minimum absolute atomic E-state index is 0.182. The second-order valence-corrected chi connectivity index (χ2v) is 7.45. The van der Waals surface area contributed by atoms with Gasteiger partial charge in [0.05, 0.1) is 19.2 Å². The summed E-state index contributed by atoms with van der Waals surface area (Å²) in [4.78, 5) is 12.1. The first-order chi connectivity index (χ1) is 14.6. The summed E-state index contributed by atoms with van der Waals surface area (Å²) in [6.45, 7) is 3.03. The molecule has 6 heteroatoms. The lowest BCUT2D eigenvalue weighted by Crippen LogP contribution is -2.19. The molecule has 0 radical (unpaired) electrons. The summed E-state index contributed by atoms with van der Waals surface area (Å²) in [5.41, 5.74) is 5.37. The molecule has 0 heterocycles. The van der Waals surface area contributed by atoms with E-state index in [-0.39, 0.29) is 12.3 Å². The van der Waals surface area contributed by atoms with Gasteiger partial charge in [0.2, 0.25) is 5.91 Å². The van der Waals surface area contributed by atoms with Gasteiger partial charge < -0.3 is 9.47 Å². The number of hydrazone groups is 1. The first kappa shape index (κ1) is 21.6. The monoisotopic (exact) mass is 466 g/mol. The molecule has 0 aromatic heterocycles. The van der Waals surface area contributed by atoms with Crippen molar-refractivity contribution in [2.45, 2.75) is 20.0 Å². The molecule has 0 aliphatic heterocycles. The van der Waals surface area contributed by atoms with Crippen LogP contribution in [0.3, 0.4) is 0 Å². The fourth-order valence-corrected chi connectivity index (χ4v) is 2.97. The van der Waals surface area contributed by atoms with Gasteiger partial charge in [-0.15, -0.1) is 0 Å². The Morgan fingerprint density at radius 3 is 2.43 bits per heavy atom. The lowest BCUT2D eigenvalue weighted by Gasteiger charge is -2.07. The number of rotatable bonds is 9. The molecule has 0 fully saturated rings. The van der Waals surface area contributed by atoms with E-state index in [4.69, 9.17) is 9.47 Å². The molecule has 3 rings (SSSR count). The van der Waals surface area contributed by atoms with Crippen LogP contribution in [0.2, 0.25) is 0 Å². The second-order valence-electron chi connectivity index (χ2n) is 6.53. The Bertz CT molecular complexity index is 986. The second kappa shape index (κ2) is 11.2. The molecule has 3 aromatic rings. The molecule has 154 valence electrons. The molecule has 0 saturated heterocycles. The molecule has 3 aromatic carbocycles. The Kier molecular flexibility index (Phi) is 8.03. The average molecular weight is 467 g/mol. The molecule has 0 aliphatic rings. The van der Waals surface area contributed by atoms with Crippen molar-refractivity contribution >= 4 is 28.1 Å². The van der Waals surface area contributed by atoms with Crippen LogP contribution in [-0.2, 0) is 17.8 Å². The summed E-state index contributed by atoms with van der Waals surface area (Å²) in [7, 11) is 0. The summed E-state index contributed by atoms with van der Waals surface area (Å²) < 4.78 is 12.3. The van der Waals surface area contributed by atoms with Gasteiger partial charge in [0.25, 0.3) is 0 Å². The van der Waals surface area contributed by atoms with Crippen LogP contribution in [0.25, 0.3) is 0 Å². The average Bonchev–Trinajstić information content (AvgIpc) is 2.75. The SMILES string of the molecule is CCOc1ccc(CC(=O)N/N=C/c2cccc(OCc3ccc(Br)cc3)c2)cc1. The fraction of sp³-hybridized carbons (Fsp3) is 0.167. The third kappa shape index (κ3) is 7.04. The molecule has 0 atom stereocenters. The number of benzene rings is 3. The number of carbonyl (C=O) groups excluding carboxylic acids is 1. The van der Waals surface area contributed by atoms with Gasteiger partial charge in [0, 0.05) is 4.47 Å². The molecule has 30 heavy (non-hydrogen) atoms. The van der Waals surface area contributed by atoms with E-state index >= 15 is 0 Å². The molecule has 0 unspecified atom stereocenters. The zero-order valence-corrected chi connectivity index (χ0v) is 18.3. The number of ether oxygens (including phenoxy) is 2. The Morgan fingerprint density at radius 2 is 1.70 bits per heavy atom. The van der Waals surface area contributed by atoms with Crippen molar-refractivity contribution in [3.8, 4) is 11.5 Å². The van der Waals surface area contributed by atoms with Crippen molar-refractivity contribution in [2.75, 3.05) is 6.61 Å². The lowest BCUT2D eigenvalue weighted by atomic mass is 10.1. The summed E-state index contributed by atoms with van der Waals surface area (Å²) in [6.07, 6.45) is 1.85. The van der Waals surface area contributed by atoms with Crippen molar-refractivity contribution < 1.29 is 14.3 Å². The van der Waals surface area contributed by atoms with Gasteiger partial charge in [-0.2, -0.15) is 5.10 Å². The molecule has 1 N–H and O–H groups in total. The topological polar surface area (TPSA) is 59.9 Å². The third-order valence-corrected chi connectivity index (χ3v) is 4.71. The van der Waals surface area contributed by atoms with Crippen LogP contribution < -0.4 is 14.9 Å². The Hall–Kier alpha value is -3.12. The van der Waals surface area contributed by atoms with Gasteiger partial charge in [0.1, 0.15) is 18.1 Å². The van der Waals surface area contributed by atoms with Crippen LogP contribution >= 0.6 is 15.9 Å². The molecule has 0 spiro atoms. The van der Waals surface area contributed by atoms with Crippen LogP contribution in [0.4, 0.5) is 0 Å². The number of hydrogen-bond acceptors (Lipinski definition) is 4. The highest BCUT2D eigenvalue weighted by Crippen LogP contribution is 2.16. The summed E-state index contributed by atoms with van der Waals surface area (Å²) in [6, 6.07) is 23.0. The van der Waals surface area contributed by atoms with E-state index in [0.717, 1.165) is 32.7 Å². The number of nitrogens with zero attached hydrogens (tertiary/aromatic N) is 1. The quantitative estimate of drug-likeness (QED) is 0.351. The predicted octanol–water partition coefficient (Wildman–Crippen LogP) is 5.12. The van der Waals surface area contributed by atoms with Gasteiger partial charge in [-0.1, -0.05) is 52.3 Å². The number of carbonyl (C=O) groups is 1. The number of hydrogen-bond donors (Lipinski definition) is 1. The zero-order valence-electron chi connectivity index (χ0n) is 16.7. The third-order valence-electron chi connectivity index (χ3n) is 4.18. The van der Waals surface area contributed by atoms with Gasteiger partial charge in [-0.05, 0) is 60.0 Å². The lowest BCUT2D eigenvalue weighted by molar-refractivity contribution is -0.120. The number of nitrogens with one attached hydrogen (secondary N) is 1. The maximum absolute atomic E-state index is 12.1. The maximum Gasteiger partial charge on any atom is 0.244 e. The standard InChI is InChI=1S/C24H23BrN2O3/c1-2-29-22-12-8-18(9-13-22)15-24(28)27-26-16-20-4-3-5-23(14-20)30-17-19-6-10-21(25)11-7-19/h3-14,16H,2,15,17H2,1H3,(H,27,28)/b26-16+. The highest BCUT2D eigenvalue weighted by molar-refractivity contribution is 9.10. The smallest absolute Gasteiger partial charge is 0.244 e. The van der Waals surface area contributed by atoms with E-state index in [1.807, 2.05) is 79.7 Å². The normalized spacial score (nSPS) is 10.7. The van der Waals surface area contributed by atoms with Crippen LogP contribution in [0.1, 0.15) is 23.6 Å². The first-order valence-electron chi connectivity index (χ1n) is 9.63. The Labute approximate surface area is 184 Å². The fourth-order valence-electron chi connectivity index (χ4n) is 2.71. The van der Waals surface area contributed by atoms with E-state index in [1.54, 1.807) is 6.21 Å². The van der Waals surface area contributed by atoms with Gasteiger partial charge in [-0.25, -0.2) is 5.43 Å². The Balaban J connectivity index is 1.48. The minimum atomic E-state index is -0.182. The largest absolute Gasteiger partial charge is 0.494 e. The van der Waals surface area contributed by atoms with E-state index in [0.29, 0.717) is 13.2 Å². The highest BCUT2D eigenvalue weighted by Gasteiger charge is 2.03. The Morgan fingerprint density at radius 1 is 0.967 bits per heavy atom. The van der Waals surface area contributed by atoms with Crippen molar-refractivity contribution in [3.63, 3.8) is 0 Å². The van der Waals surface area contributed by atoms with Crippen molar-refractivity contribution in [3.05, 3.63) is 94.0 Å². The predicted molar refractivity (Wildman–Crippen MR) is 122 cm³/mol. The van der Waals surface area contributed by atoms with E-state index in [9.17, 15) is 4.79 Å². The van der Waals surface area contributed by atoms with Crippen molar-refractivity contribution in [1.29, 1.82) is 0 Å². The highest BCUT2D eigenvalue weighted by atomic mass is 79.9. The van der Waals surface area contributed by atoms with Crippen molar-refractivity contribution in [2.24, 2.45) is 5.10 Å². The first-order valence-corrected chi connectivity index (χ1v) is 10.4. The summed E-state index contributed by atoms with van der Waals surface area (Å²) in [5, 5.41) is 4.04. The van der Waals surface area contributed by atoms with Crippen LogP contribution in [-0.4, -0.2) is 18.7 Å². The van der Waals surface area contributed by atoms with Crippen molar-refractivity contribution in [1.82, 2.24) is 5.43 Å². The molecular weight excluding hydrogens is 444 g/mol. The molecule has 0 bridgehead atoms. The van der Waals surface area contributed by atoms with Crippen LogP contribution in [0.15, 0.2) is 82.4 Å². The summed E-state index contributed by atoms with van der Waals surface area (Å²) >= 11 is 3.42. The molecule has 5 nitrogen and oxygen atoms in total. The van der Waals surface area contributed by atoms with Gasteiger partial charge in [0.15, 0.2) is 0 Å². The van der Waals surface area contributed by atoms with E-state index < -0.39 is 0 Å². The van der Waals surface area contributed by atoms with Gasteiger partial charge >= 0.3 is 0 Å². The van der Waals surface area contributed by atoms with Gasteiger partial charge in [-0.3, -0.25) is 4.79 Å². The molecule has 0 aliphatic carbocycles. The van der Waals surface area contributed by atoms with Crippen LogP contribution in [0.5, 0.6) is 11.5 Å². The van der Waals surface area contributed by atoms with E-state index in [2.05, 4.69) is 26.5 Å². The summed E-state index contributed by atoms with van der Waals surface area (Å²) in [5.74, 6) is 1.35. The van der Waals surface area contributed by atoms with E-state index in [1.165, 1.54) is 0 Å². The number of halogens is 1. The molecule has 0 saturated carbocycles. The number of amides is 1. The minimum Gasteiger partial charge on any atom is -0.494 e. The molecular formula is C24H23BrN2O3. The van der Waals surface area contributed by atoms with Crippen LogP contribution in [0, 0.1) is 0 Å². The zero-order chi connectivity index (χ0) is 21.2. The maximum atomic E-state index is 12.1. The molecule has 1 amide bonds.